The monoisotopic (exact) mass is 381 g/mol. The zero-order valence-electron chi connectivity index (χ0n) is 16.4. The number of hydrogen-bond donors (Lipinski definition) is 1. The van der Waals surface area contributed by atoms with E-state index in [-0.39, 0.29) is 0 Å². The van der Waals surface area contributed by atoms with Crippen LogP contribution in [0.4, 0.5) is 5.82 Å². The van der Waals surface area contributed by atoms with E-state index in [0.29, 0.717) is 23.8 Å². The van der Waals surface area contributed by atoms with Crippen LogP contribution in [-0.4, -0.2) is 38.4 Å². The number of nitrogens with one attached hydrogen (secondary N) is 1. The maximum absolute atomic E-state index is 5.40. The first kappa shape index (κ1) is 19.3. The van der Waals surface area contributed by atoms with E-state index in [9.17, 15) is 0 Å². The Labute approximate surface area is 164 Å². The summed E-state index contributed by atoms with van der Waals surface area (Å²) in [5.74, 6) is 3.31. The highest BCUT2D eigenvalue weighted by Crippen LogP contribution is 2.38. The lowest BCUT2D eigenvalue weighted by Gasteiger charge is -2.14. The summed E-state index contributed by atoms with van der Waals surface area (Å²) in [5, 5.41) is 3.31. The van der Waals surface area contributed by atoms with Gasteiger partial charge in [-0.1, -0.05) is 0 Å². The molecule has 0 aliphatic heterocycles. The predicted octanol–water partition coefficient (Wildman–Crippen LogP) is 3.79. The molecule has 0 aliphatic rings. The van der Waals surface area contributed by atoms with Crippen molar-refractivity contribution in [3.8, 4) is 34.3 Å². The van der Waals surface area contributed by atoms with Crippen LogP contribution in [0.2, 0.25) is 0 Å². The van der Waals surface area contributed by atoms with Gasteiger partial charge in [-0.2, -0.15) is 0 Å². The maximum atomic E-state index is 5.40. The van der Waals surface area contributed by atoms with E-state index in [0.717, 1.165) is 28.4 Å². The van der Waals surface area contributed by atoms with Crippen LogP contribution in [-0.2, 0) is 6.54 Å². The molecule has 1 N–H and O–H groups in total. The first-order valence-electron chi connectivity index (χ1n) is 8.67. The average Bonchev–Trinajstić information content (AvgIpc) is 2.77. The minimum atomic E-state index is 0.537. The molecule has 7 heteroatoms. The molecule has 0 unspecified atom stereocenters. The number of anilines is 1. The molecule has 0 radical (unpaired) electrons. The lowest BCUT2D eigenvalue weighted by molar-refractivity contribution is 0.324. The van der Waals surface area contributed by atoms with Gasteiger partial charge in [-0.05, 0) is 42.0 Å². The lowest BCUT2D eigenvalue weighted by Crippen LogP contribution is -2.04. The van der Waals surface area contributed by atoms with Crippen molar-refractivity contribution in [1.29, 1.82) is 0 Å². The topological polar surface area (TPSA) is 74.7 Å². The summed E-state index contributed by atoms with van der Waals surface area (Å²) < 4.78 is 21.4. The Balaban J connectivity index is 1.78. The SMILES string of the molecule is COc1ccc(-c2cc(NCc3cc(OC)c(OC)c(OC)c3)ncn2)cc1. The van der Waals surface area contributed by atoms with Crippen LogP contribution in [0.25, 0.3) is 11.3 Å². The van der Waals surface area contributed by atoms with Crippen LogP contribution in [0.3, 0.4) is 0 Å². The summed E-state index contributed by atoms with van der Waals surface area (Å²) in [5.41, 5.74) is 2.78. The van der Waals surface area contributed by atoms with Gasteiger partial charge >= 0.3 is 0 Å². The molecule has 3 rings (SSSR count). The van der Waals surface area contributed by atoms with Gasteiger partial charge in [0.1, 0.15) is 17.9 Å². The van der Waals surface area contributed by atoms with Crippen molar-refractivity contribution in [1.82, 2.24) is 9.97 Å². The summed E-state index contributed by atoms with van der Waals surface area (Å²) in [7, 11) is 6.42. The van der Waals surface area contributed by atoms with E-state index >= 15 is 0 Å². The number of aromatic nitrogens is 2. The van der Waals surface area contributed by atoms with Gasteiger partial charge in [0.15, 0.2) is 11.5 Å². The molecule has 3 aromatic rings. The molecule has 1 aromatic heterocycles. The second kappa shape index (κ2) is 8.94. The van der Waals surface area contributed by atoms with Crippen molar-refractivity contribution in [3.05, 3.63) is 54.4 Å². The van der Waals surface area contributed by atoms with Crippen molar-refractivity contribution in [2.24, 2.45) is 0 Å². The fraction of sp³-hybridized carbons (Fsp3) is 0.238. The molecule has 146 valence electrons. The minimum absolute atomic E-state index is 0.537. The van der Waals surface area contributed by atoms with Crippen LogP contribution < -0.4 is 24.3 Å². The van der Waals surface area contributed by atoms with Crippen molar-refractivity contribution in [2.45, 2.75) is 6.54 Å². The Morgan fingerprint density at radius 1 is 0.786 bits per heavy atom. The number of benzene rings is 2. The highest BCUT2D eigenvalue weighted by molar-refractivity contribution is 5.63. The van der Waals surface area contributed by atoms with Crippen LogP contribution in [0.5, 0.6) is 23.0 Å². The quantitative estimate of drug-likeness (QED) is 0.636. The highest BCUT2D eigenvalue weighted by atomic mass is 16.5. The van der Waals surface area contributed by atoms with Crippen LogP contribution in [0.15, 0.2) is 48.8 Å². The lowest BCUT2D eigenvalue weighted by atomic mass is 10.1. The molecule has 2 aromatic carbocycles. The smallest absolute Gasteiger partial charge is 0.203 e. The second-order valence-electron chi connectivity index (χ2n) is 5.90. The molecule has 7 nitrogen and oxygen atoms in total. The second-order valence-corrected chi connectivity index (χ2v) is 5.90. The predicted molar refractivity (Wildman–Crippen MR) is 107 cm³/mol. The van der Waals surface area contributed by atoms with E-state index in [2.05, 4.69) is 15.3 Å². The third kappa shape index (κ3) is 4.25. The fourth-order valence-corrected chi connectivity index (χ4v) is 2.80. The van der Waals surface area contributed by atoms with Crippen molar-refractivity contribution < 1.29 is 18.9 Å². The molecule has 0 bridgehead atoms. The highest BCUT2D eigenvalue weighted by Gasteiger charge is 2.13. The van der Waals surface area contributed by atoms with Gasteiger partial charge < -0.3 is 24.3 Å². The average molecular weight is 381 g/mol. The molecule has 0 saturated heterocycles. The Hall–Kier alpha value is -3.48. The molecule has 0 aliphatic carbocycles. The van der Waals surface area contributed by atoms with Crippen LogP contribution in [0, 0.1) is 0 Å². The van der Waals surface area contributed by atoms with Gasteiger partial charge in [0.05, 0.1) is 34.1 Å². The summed E-state index contributed by atoms with van der Waals surface area (Å²) in [4.78, 5) is 8.65. The molecule has 0 amide bonds. The Kier molecular flexibility index (Phi) is 6.16. The van der Waals surface area contributed by atoms with Gasteiger partial charge in [-0.15, -0.1) is 0 Å². The van der Waals surface area contributed by atoms with Crippen molar-refractivity contribution in [2.75, 3.05) is 33.8 Å². The minimum Gasteiger partial charge on any atom is -0.497 e. The summed E-state index contributed by atoms with van der Waals surface area (Å²) in [6, 6.07) is 13.4. The van der Waals surface area contributed by atoms with Gasteiger partial charge in [0.2, 0.25) is 5.75 Å². The number of rotatable bonds is 8. The van der Waals surface area contributed by atoms with E-state index < -0.39 is 0 Å². The van der Waals surface area contributed by atoms with E-state index in [1.54, 1.807) is 28.4 Å². The van der Waals surface area contributed by atoms with Gasteiger partial charge in [-0.25, -0.2) is 9.97 Å². The van der Waals surface area contributed by atoms with Crippen LogP contribution in [0.1, 0.15) is 5.56 Å². The number of hydrogen-bond acceptors (Lipinski definition) is 7. The van der Waals surface area contributed by atoms with Crippen molar-refractivity contribution >= 4 is 5.82 Å². The molecule has 0 fully saturated rings. The molecule has 1 heterocycles. The molecule has 0 spiro atoms. The van der Waals surface area contributed by atoms with Gasteiger partial charge in [-0.3, -0.25) is 0 Å². The Morgan fingerprint density at radius 2 is 1.46 bits per heavy atom. The Morgan fingerprint density at radius 3 is 2.04 bits per heavy atom. The maximum Gasteiger partial charge on any atom is 0.203 e. The molecule has 0 atom stereocenters. The first-order valence-corrected chi connectivity index (χ1v) is 8.67. The largest absolute Gasteiger partial charge is 0.497 e. The first-order chi connectivity index (χ1) is 13.7. The zero-order chi connectivity index (χ0) is 19.9. The Bertz CT molecular complexity index is 904. The van der Waals surface area contributed by atoms with Crippen LogP contribution >= 0.6 is 0 Å². The van der Waals surface area contributed by atoms with Gasteiger partial charge in [0, 0.05) is 18.2 Å². The van der Waals surface area contributed by atoms with Gasteiger partial charge in [0.25, 0.3) is 0 Å². The molecular formula is C21H23N3O4. The number of ether oxygens (including phenoxy) is 4. The van der Waals surface area contributed by atoms with E-state index in [1.165, 1.54) is 6.33 Å². The van der Waals surface area contributed by atoms with E-state index in [4.69, 9.17) is 18.9 Å². The summed E-state index contributed by atoms with van der Waals surface area (Å²) in [6.07, 6.45) is 1.54. The standard InChI is InChI=1S/C21H23N3O4/c1-25-16-7-5-15(6-8-16)17-11-20(24-13-23-17)22-12-14-9-18(26-2)21(28-4)19(10-14)27-3/h5-11,13H,12H2,1-4H3,(H,22,23,24). The third-order valence-electron chi connectivity index (χ3n) is 4.25. The van der Waals surface area contributed by atoms with Crippen molar-refractivity contribution in [3.63, 3.8) is 0 Å². The normalized spacial score (nSPS) is 10.3. The fourth-order valence-electron chi connectivity index (χ4n) is 2.80. The third-order valence-corrected chi connectivity index (χ3v) is 4.25. The number of methoxy groups -OCH3 is 4. The summed E-state index contributed by atoms with van der Waals surface area (Å²) >= 11 is 0. The number of nitrogens with zero attached hydrogens (tertiary/aromatic N) is 2. The summed E-state index contributed by atoms with van der Waals surface area (Å²) in [6.45, 7) is 0.537. The molecule has 28 heavy (non-hydrogen) atoms. The molecular weight excluding hydrogens is 358 g/mol. The zero-order valence-corrected chi connectivity index (χ0v) is 16.4. The molecule has 0 saturated carbocycles. The van der Waals surface area contributed by atoms with E-state index in [1.807, 2.05) is 42.5 Å².